The first kappa shape index (κ1) is 13.2. The van der Waals surface area contributed by atoms with E-state index in [2.05, 4.69) is 15.0 Å². The van der Waals surface area contributed by atoms with Crippen LogP contribution in [0.5, 0.6) is 0 Å². The molecule has 1 aliphatic rings. The van der Waals surface area contributed by atoms with Gasteiger partial charge in [-0.05, 0) is 0 Å². The zero-order chi connectivity index (χ0) is 14.3. The number of hydrogen-bond donors (Lipinski definition) is 3. The van der Waals surface area contributed by atoms with Crippen molar-refractivity contribution in [2.45, 2.75) is 11.8 Å². The average molecular weight is 283 g/mol. The van der Waals surface area contributed by atoms with Crippen molar-refractivity contribution < 1.29 is 19.3 Å². The molecule has 0 amide bonds. The molecule has 0 aliphatic carbocycles. The van der Waals surface area contributed by atoms with E-state index < -0.39 is 24.4 Å². The van der Waals surface area contributed by atoms with Gasteiger partial charge < -0.3 is 20.7 Å². The van der Waals surface area contributed by atoms with Crippen molar-refractivity contribution in [1.82, 2.24) is 19.5 Å². The van der Waals surface area contributed by atoms with Crippen LogP contribution in [0.4, 0.5) is 10.2 Å². The van der Waals surface area contributed by atoms with Crippen molar-refractivity contribution >= 4 is 17.0 Å². The Morgan fingerprint density at radius 2 is 2.15 bits per heavy atom. The fraction of sp³-hybridized carbons (Fsp3) is 0.545. The van der Waals surface area contributed by atoms with Crippen LogP contribution in [0.1, 0.15) is 0 Å². The van der Waals surface area contributed by atoms with E-state index in [1.165, 1.54) is 17.2 Å². The zero-order valence-electron chi connectivity index (χ0n) is 10.5. The number of ether oxygens (including phenoxy) is 1. The molecule has 0 bridgehead atoms. The van der Waals surface area contributed by atoms with Gasteiger partial charge in [0.05, 0.1) is 31.6 Å². The summed E-state index contributed by atoms with van der Waals surface area (Å²) in [5.41, 5.74) is 4.93. The summed E-state index contributed by atoms with van der Waals surface area (Å²) in [6, 6.07) is 0. The van der Waals surface area contributed by atoms with Crippen molar-refractivity contribution in [3.05, 3.63) is 12.7 Å². The highest BCUT2D eigenvalue weighted by atomic mass is 19.1. The fourth-order valence-corrected chi connectivity index (χ4v) is 2.63. The lowest BCUT2D eigenvalue weighted by atomic mass is 9.84. The van der Waals surface area contributed by atoms with Crippen molar-refractivity contribution in [3.8, 4) is 0 Å². The molecule has 20 heavy (non-hydrogen) atoms. The highest BCUT2D eigenvalue weighted by Gasteiger charge is 2.57. The smallest absolute Gasteiger partial charge is 0.183 e. The van der Waals surface area contributed by atoms with Gasteiger partial charge >= 0.3 is 0 Å². The van der Waals surface area contributed by atoms with Crippen LogP contribution in [0.25, 0.3) is 11.2 Å². The summed E-state index contributed by atoms with van der Waals surface area (Å²) in [5, 5.41) is 18.6. The summed E-state index contributed by atoms with van der Waals surface area (Å²) in [5.74, 6) is -0.410. The zero-order valence-corrected chi connectivity index (χ0v) is 10.5. The van der Waals surface area contributed by atoms with Gasteiger partial charge in [0.15, 0.2) is 17.2 Å². The molecule has 0 unspecified atom stereocenters. The number of nitrogens with two attached hydrogens (primary N) is 1. The Hall–Kier alpha value is -1.84. The highest BCUT2D eigenvalue weighted by molar-refractivity contribution is 5.81. The quantitative estimate of drug-likeness (QED) is 0.660. The summed E-state index contributed by atoms with van der Waals surface area (Å²) in [6.07, 6.45) is 1.98. The molecule has 0 aromatic carbocycles. The number of alkyl halides is 1. The van der Waals surface area contributed by atoms with E-state index in [1.54, 1.807) is 0 Å². The molecular formula is C11H14FN5O3. The van der Waals surface area contributed by atoms with Crippen molar-refractivity contribution in [2.75, 3.05) is 25.6 Å². The molecule has 0 radical (unpaired) electrons. The molecule has 3 rings (SSSR count). The minimum absolute atomic E-state index is 0.182. The molecule has 1 fully saturated rings. The summed E-state index contributed by atoms with van der Waals surface area (Å²) in [6.45, 7) is -1.50. The minimum Gasteiger partial charge on any atom is -0.396 e. The topological polar surface area (TPSA) is 119 Å². The maximum absolute atomic E-state index is 13.6. The van der Waals surface area contributed by atoms with Gasteiger partial charge in [-0.2, -0.15) is 0 Å². The predicted molar refractivity (Wildman–Crippen MR) is 66.2 cm³/mol. The van der Waals surface area contributed by atoms with Crippen LogP contribution in [-0.2, 0) is 10.5 Å². The summed E-state index contributed by atoms with van der Waals surface area (Å²) in [4.78, 5) is 11.9. The number of anilines is 1. The van der Waals surface area contributed by atoms with E-state index in [1.807, 2.05) is 0 Å². The third-order valence-electron chi connectivity index (χ3n) is 3.72. The third kappa shape index (κ3) is 1.54. The van der Waals surface area contributed by atoms with Gasteiger partial charge in [0.1, 0.15) is 18.5 Å². The second-order valence-electron chi connectivity index (χ2n) is 4.65. The van der Waals surface area contributed by atoms with Gasteiger partial charge in [-0.15, -0.1) is 0 Å². The molecule has 108 valence electrons. The molecule has 3 heterocycles. The highest BCUT2D eigenvalue weighted by Crippen LogP contribution is 2.44. The standard InChI is InChI=1S/C11H14FN5O3/c12-3-11(6(1-18)7(2-19)20-11)17-5-16-8-9(13)14-4-15-10(8)17/h4-7,18-19H,1-3H2,(H2,13,14,15)/t6-,7-,11-/m1/s1. The lowest BCUT2D eigenvalue weighted by Crippen LogP contribution is -2.64. The largest absolute Gasteiger partial charge is 0.396 e. The molecule has 4 N–H and O–H groups in total. The number of rotatable bonds is 4. The molecule has 9 heteroatoms. The van der Waals surface area contributed by atoms with E-state index in [4.69, 9.17) is 15.6 Å². The van der Waals surface area contributed by atoms with Crippen molar-refractivity contribution in [2.24, 2.45) is 5.92 Å². The Bertz CT molecular complexity index is 636. The van der Waals surface area contributed by atoms with E-state index in [0.29, 0.717) is 11.2 Å². The number of fused-ring (bicyclic) bond motifs is 1. The average Bonchev–Trinajstić information content (AvgIpc) is 2.86. The van der Waals surface area contributed by atoms with Crippen LogP contribution in [0, 0.1) is 5.92 Å². The molecule has 2 aromatic heterocycles. The first-order chi connectivity index (χ1) is 9.67. The molecule has 8 nitrogen and oxygen atoms in total. The minimum atomic E-state index is -1.42. The Morgan fingerprint density at radius 3 is 2.80 bits per heavy atom. The van der Waals surface area contributed by atoms with Gasteiger partial charge in [-0.1, -0.05) is 0 Å². The lowest BCUT2D eigenvalue weighted by molar-refractivity contribution is -0.327. The van der Waals surface area contributed by atoms with Crippen LogP contribution in [0.2, 0.25) is 0 Å². The number of imidazole rings is 1. The Balaban J connectivity index is 2.11. The van der Waals surface area contributed by atoms with Gasteiger partial charge in [-0.3, -0.25) is 4.57 Å². The number of aliphatic hydroxyl groups is 2. The normalized spacial score (nSPS) is 29.6. The Kier molecular flexibility index (Phi) is 3.04. The Labute approximate surface area is 113 Å². The number of aromatic nitrogens is 4. The molecular weight excluding hydrogens is 269 g/mol. The van der Waals surface area contributed by atoms with Gasteiger partial charge in [-0.25, -0.2) is 19.3 Å². The van der Waals surface area contributed by atoms with Crippen molar-refractivity contribution in [3.63, 3.8) is 0 Å². The van der Waals surface area contributed by atoms with Gasteiger partial charge in [0.25, 0.3) is 0 Å². The number of halogens is 1. The van der Waals surface area contributed by atoms with Crippen LogP contribution >= 0.6 is 0 Å². The maximum Gasteiger partial charge on any atom is 0.183 e. The van der Waals surface area contributed by atoms with E-state index in [9.17, 15) is 9.50 Å². The summed E-state index contributed by atoms with van der Waals surface area (Å²) in [7, 11) is 0. The first-order valence-electron chi connectivity index (χ1n) is 6.07. The molecule has 0 saturated carbocycles. The Morgan fingerprint density at radius 1 is 1.35 bits per heavy atom. The van der Waals surface area contributed by atoms with E-state index in [0.717, 1.165) is 0 Å². The number of nitrogen functional groups attached to an aromatic ring is 1. The third-order valence-corrected chi connectivity index (χ3v) is 3.72. The molecule has 0 spiro atoms. The van der Waals surface area contributed by atoms with Crippen molar-refractivity contribution in [1.29, 1.82) is 0 Å². The second kappa shape index (κ2) is 4.62. The number of aliphatic hydroxyl groups excluding tert-OH is 2. The number of nitrogens with zero attached hydrogens (tertiary/aromatic N) is 4. The lowest BCUT2D eigenvalue weighted by Gasteiger charge is -2.52. The molecule has 3 atom stereocenters. The summed E-state index contributed by atoms with van der Waals surface area (Å²) >= 11 is 0. The van der Waals surface area contributed by atoms with E-state index >= 15 is 0 Å². The maximum atomic E-state index is 13.6. The number of hydrogen-bond acceptors (Lipinski definition) is 7. The van der Waals surface area contributed by atoms with Crippen LogP contribution in [-0.4, -0.2) is 55.7 Å². The molecule has 1 saturated heterocycles. The summed E-state index contributed by atoms with van der Waals surface area (Å²) < 4.78 is 20.4. The monoisotopic (exact) mass is 283 g/mol. The molecule has 1 aliphatic heterocycles. The van der Waals surface area contributed by atoms with Crippen LogP contribution < -0.4 is 5.73 Å². The van der Waals surface area contributed by atoms with Crippen LogP contribution in [0.3, 0.4) is 0 Å². The van der Waals surface area contributed by atoms with Gasteiger partial charge in [0.2, 0.25) is 0 Å². The fourth-order valence-electron chi connectivity index (χ4n) is 2.63. The molecule has 2 aromatic rings. The van der Waals surface area contributed by atoms with Crippen LogP contribution in [0.15, 0.2) is 12.7 Å². The first-order valence-corrected chi connectivity index (χ1v) is 6.07. The van der Waals surface area contributed by atoms with Gasteiger partial charge in [0, 0.05) is 0 Å². The second-order valence-corrected chi connectivity index (χ2v) is 4.65. The van der Waals surface area contributed by atoms with E-state index in [-0.39, 0.29) is 19.0 Å². The predicted octanol–water partition coefficient (Wildman–Crippen LogP) is -0.970. The SMILES string of the molecule is Nc1ncnc2c1ncn2[C@]1(CF)O[C@H](CO)[C@H]1CO.